The number of unbranched alkanes of at least 4 members (excludes halogenated alkanes) is 1. The summed E-state index contributed by atoms with van der Waals surface area (Å²) in [6.45, 7) is 19.3. The van der Waals surface area contributed by atoms with E-state index in [-0.39, 0.29) is 14.8 Å². The van der Waals surface area contributed by atoms with Crippen LogP contribution in [-0.4, -0.2) is 43.9 Å². The summed E-state index contributed by atoms with van der Waals surface area (Å²) in [5.74, 6) is -1.69. The molecule has 194 valence electrons. The lowest BCUT2D eigenvalue weighted by molar-refractivity contribution is -0.140. The number of allylic oxidation sites excluding steroid dienone is 1. The molecule has 38 heavy (non-hydrogen) atoms. The van der Waals surface area contributed by atoms with Crippen molar-refractivity contribution in [2.45, 2.75) is 38.1 Å². The molecule has 0 bridgehead atoms. The van der Waals surface area contributed by atoms with E-state index in [0.29, 0.717) is 27.1 Å². The first kappa shape index (κ1) is 27.7. The molecular weight excluding hydrogens is 563 g/mol. The van der Waals surface area contributed by atoms with Crippen LogP contribution < -0.4 is 19.7 Å². The number of aliphatic carboxylic acids is 1. The Bertz CT molecular complexity index is 1660. The number of thioether (sulfide) groups is 2. The first-order chi connectivity index (χ1) is 18.2. The number of thiocarbonyl (C=S) groups is 1. The number of hydrogen-bond donors (Lipinski definition) is 1. The van der Waals surface area contributed by atoms with Crippen molar-refractivity contribution in [2.75, 3.05) is 18.0 Å². The third-order valence-corrected chi connectivity index (χ3v) is 9.57. The predicted molar refractivity (Wildman–Crippen MR) is 156 cm³/mol. The molecule has 1 N–H and O–H groups in total. The molecule has 1 fully saturated rings. The fourth-order valence-corrected chi connectivity index (χ4v) is 7.53. The van der Waals surface area contributed by atoms with Gasteiger partial charge in [-0.15, -0.1) is 11.3 Å². The molecule has 4 rings (SSSR count). The number of rotatable bonds is 7. The van der Waals surface area contributed by atoms with E-state index in [0.717, 1.165) is 63.0 Å². The summed E-state index contributed by atoms with van der Waals surface area (Å²) in [6.07, 6.45) is 5.47. The van der Waals surface area contributed by atoms with E-state index in [1.54, 1.807) is 25.1 Å². The first-order valence-corrected chi connectivity index (χ1v) is 14.4. The number of carboxylic acids is 1. The summed E-state index contributed by atoms with van der Waals surface area (Å²) in [7, 11) is 0. The summed E-state index contributed by atoms with van der Waals surface area (Å²) in [6, 6.07) is 3.48. The fraction of sp³-hybridized carbons (Fsp3) is 0.280. The van der Waals surface area contributed by atoms with Gasteiger partial charge >= 0.3 is 5.97 Å². The smallest absolute Gasteiger partial charge is 0.323 e. The average molecular weight is 584 g/mol. The molecule has 0 spiro atoms. The number of fused-ring (bicyclic) bond motifs is 1. The molecule has 1 aromatic heterocycles. The van der Waals surface area contributed by atoms with Crippen molar-refractivity contribution >= 4 is 91.3 Å². The van der Waals surface area contributed by atoms with Gasteiger partial charge in [0.05, 0.1) is 22.7 Å². The van der Waals surface area contributed by atoms with Gasteiger partial charge in [0.1, 0.15) is 20.4 Å². The van der Waals surface area contributed by atoms with Crippen molar-refractivity contribution in [3.05, 3.63) is 65.6 Å². The van der Waals surface area contributed by atoms with Crippen molar-refractivity contribution in [3.8, 4) is 0 Å². The molecule has 1 amide bonds. The van der Waals surface area contributed by atoms with Crippen molar-refractivity contribution in [2.24, 2.45) is 0 Å². The van der Waals surface area contributed by atoms with Crippen molar-refractivity contribution in [3.63, 3.8) is 0 Å². The van der Waals surface area contributed by atoms with Crippen LogP contribution in [0.15, 0.2) is 32.9 Å². The molecule has 0 radical (unpaired) electrons. The Morgan fingerprint density at radius 1 is 1.11 bits per heavy atom. The molecule has 0 aliphatic carbocycles. The molecule has 0 saturated carbocycles. The van der Waals surface area contributed by atoms with Crippen LogP contribution >= 0.6 is 47.1 Å². The molecule has 2 aliphatic rings. The minimum Gasteiger partial charge on any atom is -0.480 e. The van der Waals surface area contributed by atoms with Crippen LogP contribution in [0.5, 0.6) is 0 Å². The van der Waals surface area contributed by atoms with E-state index in [2.05, 4.69) is 21.5 Å². The molecule has 2 aromatic rings. The van der Waals surface area contributed by atoms with E-state index in [1.807, 2.05) is 6.08 Å². The number of aromatic nitrogens is 1. The second-order valence-corrected chi connectivity index (χ2v) is 11.9. The van der Waals surface area contributed by atoms with Crippen LogP contribution in [0.1, 0.15) is 26.7 Å². The lowest BCUT2D eigenvalue weighted by Gasteiger charge is -2.20. The highest BCUT2D eigenvalue weighted by molar-refractivity contribution is 8.30. The zero-order chi connectivity index (χ0) is 27.6. The SMILES string of the molecule is [C-]#[N+]c1cc2c(cc1[N+]#[C-])N(CCCC)/C(=C/C=c1/s/c(=C3\SC(=S)N(CC(=O)O)C3=O)n(CC)c1=O)S2. The normalized spacial score (nSPS) is 17.8. The predicted octanol–water partition coefficient (Wildman–Crippen LogP) is 4.12. The number of thiazole rings is 1. The van der Waals surface area contributed by atoms with Gasteiger partial charge in [0.25, 0.3) is 11.5 Å². The monoisotopic (exact) mass is 583 g/mol. The molecule has 2 aliphatic heterocycles. The largest absolute Gasteiger partial charge is 0.480 e. The molecule has 1 saturated heterocycles. The minimum atomic E-state index is -1.17. The van der Waals surface area contributed by atoms with Crippen LogP contribution in [0.3, 0.4) is 0 Å². The number of carboxylic acid groups (broad SMARTS) is 1. The van der Waals surface area contributed by atoms with E-state index < -0.39 is 18.4 Å². The number of benzene rings is 1. The van der Waals surface area contributed by atoms with Crippen LogP contribution in [0.4, 0.5) is 17.1 Å². The summed E-state index contributed by atoms with van der Waals surface area (Å²) in [5, 5.41) is 9.99. The third-order valence-electron chi connectivity index (χ3n) is 5.74. The highest BCUT2D eigenvalue weighted by atomic mass is 32.2. The van der Waals surface area contributed by atoms with Gasteiger partial charge in [-0.2, -0.15) is 0 Å². The van der Waals surface area contributed by atoms with Crippen LogP contribution in [0.2, 0.25) is 0 Å². The van der Waals surface area contributed by atoms with Crippen molar-refractivity contribution in [1.29, 1.82) is 0 Å². The van der Waals surface area contributed by atoms with Gasteiger partial charge < -0.3 is 10.0 Å². The van der Waals surface area contributed by atoms with E-state index in [9.17, 15) is 14.4 Å². The lowest BCUT2D eigenvalue weighted by atomic mass is 10.2. The quantitative estimate of drug-likeness (QED) is 0.385. The highest BCUT2D eigenvalue weighted by Gasteiger charge is 2.35. The maximum atomic E-state index is 13.2. The third kappa shape index (κ3) is 5.15. The van der Waals surface area contributed by atoms with Gasteiger partial charge in [-0.3, -0.25) is 33.5 Å². The van der Waals surface area contributed by atoms with Crippen LogP contribution in [0.25, 0.3) is 20.7 Å². The molecule has 13 heteroatoms. The Labute approximate surface area is 236 Å². The summed E-state index contributed by atoms with van der Waals surface area (Å²) in [4.78, 5) is 48.5. The van der Waals surface area contributed by atoms with Gasteiger partial charge in [0, 0.05) is 23.7 Å². The molecular formula is C25H21N5O4S4. The van der Waals surface area contributed by atoms with Gasteiger partial charge in [-0.25, -0.2) is 0 Å². The lowest BCUT2D eigenvalue weighted by Crippen LogP contribution is -2.35. The Hall–Kier alpha value is -3.36. The van der Waals surface area contributed by atoms with E-state index >= 15 is 0 Å². The van der Waals surface area contributed by atoms with E-state index in [4.69, 9.17) is 30.5 Å². The number of carbonyl (C=O) groups is 2. The summed E-state index contributed by atoms with van der Waals surface area (Å²) >= 11 is 8.86. The Morgan fingerprint density at radius 3 is 2.45 bits per heavy atom. The average Bonchev–Trinajstić information content (AvgIpc) is 3.50. The molecule has 1 aromatic carbocycles. The molecule has 3 heterocycles. The second-order valence-electron chi connectivity index (χ2n) is 8.11. The minimum absolute atomic E-state index is 0.146. The van der Waals surface area contributed by atoms with Crippen molar-refractivity contribution in [1.82, 2.24) is 9.47 Å². The zero-order valence-electron chi connectivity index (χ0n) is 20.4. The topological polar surface area (TPSA) is 91.6 Å². The maximum absolute atomic E-state index is 13.2. The van der Waals surface area contributed by atoms with Crippen LogP contribution in [0, 0.1) is 13.1 Å². The fourth-order valence-electron chi connectivity index (χ4n) is 3.91. The van der Waals surface area contributed by atoms with E-state index in [1.165, 1.54) is 16.3 Å². The number of hydrogen-bond acceptors (Lipinski definition) is 8. The first-order valence-electron chi connectivity index (χ1n) is 11.5. The standard InChI is InChI=1S/C25H21N5O4S4/c1-5-7-10-29-16-11-14(26-3)15(27-4)12-18(16)36-19(29)9-8-17-22(33)28(6-2)24(37-17)21-23(34)30(13-20(31)32)25(35)38-21/h8-9,11-12H,5-7,10,13H2,1-2H3,(H,31,32)/b17-8+,19-9-,24-21-. The zero-order valence-corrected chi connectivity index (χ0v) is 23.7. The Balaban J connectivity index is 1.80. The number of amides is 1. The highest BCUT2D eigenvalue weighted by Crippen LogP contribution is 2.50. The van der Waals surface area contributed by atoms with Gasteiger partial charge in [0.2, 0.25) is 0 Å². The van der Waals surface area contributed by atoms with Gasteiger partial charge in [-0.05, 0) is 31.6 Å². The van der Waals surface area contributed by atoms with Gasteiger partial charge in [0.15, 0.2) is 11.4 Å². The molecule has 0 atom stereocenters. The number of carbonyl (C=O) groups excluding carboxylic acids is 1. The maximum Gasteiger partial charge on any atom is 0.323 e. The second kappa shape index (κ2) is 11.6. The Morgan fingerprint density at radius 2 is 1.82 bits per heavy atom. The number of nitrogens with zero attached hydrogens (tertiary/aromatic N) is 5. The summed E-state index contributed by atoms with van der Waals surface area (Å²) in [5.41, 5.74) is 1.24. The van der Waals surface area contributed by atoms with Gasteiger partial charge in [-0.1, -0.05) is 55.2 Å². The number of anilines is 1. The van der Waals surface area contributed by atoms with Crippen molar-refractivity contribution < 1.29 is 14.7 Å². The molecule has 9 nitrogen and oxygen atoms in total. The Kier molecular flexibility index (Phi) is 8.43. The summed E-state index contributed by atoms with van der Waals surface area (Å²) < 4.78 is 2.51. The van der Waals surface area contributed by atoms with Crippen LogP contribution in [-0.2, 0) is 16.1 Å². The molecule has 0 unspecified atom stereocenters.